The van der Waals surface area contributed by atoms with Crippen LogP contribution in [0.1, 0.15) is 24.7 Å². The summed E-state index contributed by atoms with van der Waals surface area (Å²) in [7, 11) is 1.40. The van der Waals surface area contributed by atoms with Crippen molar-refractivity contribution in [3.63, 3.8) is 0 Å². The van der Waals surface area contributed by atoms with Gasteiger partial charge >= 0.3 is 5.97 Å². The number of pyridine rings is 1. The molecule has 0 aromatic carbocycles. The van der Waals surface area contributed by atoms with Crippen LogP contribution in [-0.4, -0.2) is 32.8 Å². The van der Waals surface area contributed by atoms with Gasteiger partial charge in [-0.15, -0.1) is 5.10 Å². The summed E-state index contributed by atoms with van der Waals surface area (Å²) >= 11 is 0. The molecular weight excluding hydrogens is 244 g/mol. The summed E-state index contributed by atoms with van der Waals surface area (Å²) in [6.07, 6.45) is 5.92. The fraction of sp³-hybridized carbons (Fsp3) is 0.385. The maximum Gasteiger partial charge on any atom is 0.330 e. The van der Waals surface area contributed by atoms with Gasteiger partial charge in [0.25, 0.3) is 0 Å². The Morgan fingerprint density at radius 3 is 2.95 bits per heavy atom. The molecule has 1 aliphatic rings. The number of esters is 1. The molecule has 0 aliphatic carbocycles. The molecule has 2 aromatic heterocycles. The van der Waals surface area contributed by atoms with Crippen LogP contribution in [0.4, 0.5) is 0 Å². The third-order valence-corrected chi connectivity index (χ3v) is 3.29. The van der Waals surface area contributed by atoms with Gasteiger partial charge in [-0.25, -0.2) is 14.5 Å². The van der Waals surface area contributed by atoms with E-state index in [0.717, 1.165) is 30.7 Å². The second-order valence-corrected chi connectivity index (χ2v) is 4.46. The maximum absolute atomic E-state index is 11.8. The van der Waals surface area contributed by atoms with Crippen molar-refractivity contribution >= 4 is 5.97 Å². The van der Waals surface area contributed by atoms with E-state index in [1.165, 1.54) is 7.11 Å². The summed E-state index contributed by atoms with van der Waals surface area (Å²) in [5.41, 5.74) is 0.903. The molecule has 98 valence electrons. The number of rotatable bonds is 2. The lowest BCUT2D eigenvalue weighted by Crippen LogP contribution is -2.27. The van der Waals surface area contributed by atoms with E-state index >= 15 is 0 Å². The van der Waals surface area contributed by atoms with Crippen LogP contribution in [0.15, 0.2) is 24.5 Å². The molecule has 2 aromatic rings. The van der Waals surface area contributed by atoms with E-state index in [0.29, 0.717) is 5.82 Å². The third-order valence-electron chi connectivity index (χ3n) is 3.29. The number of carbonyl (C=O) groups excluding carboxylic acids is 1. The van der Waals surface area contributed by atoms with Gasteiger partial charge in [-0.3, -0.25) is 4.98 Å². The van der Waals surface area contributed by atoms with Crippen molar-refractivity contribution < 1.29 is 9.53 Å². The summed E-state index contributed by atoms with van der Waals surface area (Å²) < 4.78 is 6.52. The van der Waals surface area contributed by atoms with Crippen molar-refractivity contribution in [1.29, 1.82) is 0 Å². The quantitative estimate of drug-likeness (QED) is 0.761. The number of methoxy groups -OCH3 is 1. The summed E-state index contributed by atoms with van der Waals surface area (Å²) in [4.78, 5) is 20.2. The standard InChI is InChI=1S/C13H14N4O2/c1-19-13(18)10-3-2-4-11-15-12(16-17(10)11)9-5-7-14-8-6-9/h5-8,10H,2-4H2,1H3. The van der Waals surface area contributed by atoms with E-state index < -0.39 is 0 Å². The molecule has 0 amide bonds. The third kappa shape index (κ3) is 2.09. The molecule has 0 fully saturated rings. The zero-order valence-corrected chi connectivity index (χ0v) is 10.6. The van der Waals surface area contributed by atoms with Crippen LogP contribution in [0, 0.1) is 0 Å². The van der Waals surface area contributed by atoms with Gasteiger partial charge in [-0.05, 0) is 25.0 Å². The Balaban J connectivity index is 2.00. The minimum absolute atomic E-state index is 0.257. The van der Waals surface area contributed by atoms with Crippen LogP contribution in [0.25, 0.3) is 11.4 Å². The molecule has 1 atom stereocenters. The molecule has 0 N–H and O–H groups in total. The van der Waals surface area contributed by atoms with Crippen molar-refractivity contribution in [2.75, 3.05) is 7.11 Å². The summed E-state index contributed by atoms with van der Waals surface area (Å²) in [6.45, 7) is 0. The van der Waals surface area contributed by atoms with Crippen molar-refractivity contribution in [1.82, 2.24) is 19.7 Å². The molecule has 0 saturated carbocycles. The van der Waals surface area contributed by atoms with Gasteiger partial charge in [0.15, 0.2) is 11.9 Å². The Hall–Kier alpha value is -2.24. The first-order valence-corrected chi connectivity index (χ1v) is 6.23. The van der Waals surface area contributed by atoms with Gasteiger partial charge in [0, 0.05) is 24.4 Å². The SMILES string of the molecule is COC(=O)C1CCCc2nc(-c3ccncc3)nn21. The van der Waals surface area contributed by atoms with E-state index in [1.807, 2.05) is 12.1 Å². The van der Waals surface area contributed by atoms with Crippen LogP contribution in [0.5, 0.6) is 0 Å². The Bertz CT molecular complexity index is 594. The van der Waals surface area contributed by atoms with E-state index in [-0.39, 0.29) is 12.0 Å². The molecule has 6 heteroatoms. The van der Waals surface area contributed by atoms with Gasteiger partial charge in [-0.2, -0.15) is 0 Å². The number of hydrogen-bond acceptors (Lipinski definition) is 5. The number of hydrogen-bond donors (Lipinski definition) is 0. The smallest absolute Gasteiger partial charge is 0.330 e. The van der Waals surface area contributed by atoms with Gasteiger partial charge < -0.3 is 4.74 Å². The number of ether oxygens (including phenoxy) is 1. The fourth-order valence-electron chi connectivity index (χ4n) is 2.33. The normalized spacial score (nSPS) is 17.8. The minimum Gasteiger partial charge on any atom is -0.467 e. The van der Waals surface area contributed by atoms with Crippen molar-refractivity contribution in [2.45, 2.75) is 25.3 Å². The van der Waals surface area contributed by atoms with E-state index in [4.69, 9.17) is 4.74 Å². The molecule has 6 nitrogen and oxygen atoms in total. The van der Waals surface area contributed by atoms with Gasteiger partial charge in [0.1, 0.15) is 5.82 Å². The first-order valence-electron chi connectivity index (χ1n) is 6.23. The highest BCUT2D eigenvalue weighted by molar-refractivity contribution is 5.74. The number of fused-ring (bicyclic) bond motifs is 1. The van der Waals surface area contributed by atoms with E-state index in [9.17, 15) is 4.79 Å². The topological polar surface area (TPSA) is 69.9 Å². The zero-order chi connectivity index (χ0) is 13.2. The molecule has 0 saturated heterocycles. The number of nitrogens with zero attached hydrogens (tertiary/aromatic N) is 4. The molecule has 1 aliphatic heterocycles. The van der Waals surface area contributed by atoms with Crippen molar-refractivity contribution in [3.05, 3.63) is 30.4 Å². The zero-order valence-electron chi connectivity index (χ0n) is 10.6. The first-order chi connectivity index (χ1) is 9.29. The molecule has 3 heterocycles. The number of aryl methyl sites for hydroxylation is 1. The molecule has 0 bridgehead atoms. The second-order valence-electron chi connectivity index (χ2n) is 4.46. The van der Waals surface area contributed by atoms with Crippen LogP contribution in [-0.2, 0) is 16.0 Å². The van der Waals surface area contributed by atoms with E-state index in [1.54, 1.807) is 17.1 Å². The van der Waals surface area contributed by atoms with Gasteiger partial charge in [0.05, 0.1) is 7.11 Å². The Labute approximate surface area is 110 Å². The van der Waals surface area contributed by atoms with Crippen LogP contribution < -0.4 is 0 Å². The monoisotopic (exact) mass is 258 g/mol. The average molecular weight is 258 g/mol. The molecular formula is C13H14N4O2. The Morgan fingerprint density at radius 1 is 1.42 bits per heavy atom. The lowest BCUT2D eigenvalue weighted by Gasteiger charge is -2.20. The van der Waals surface area contributed by atoms with Crippen LogP contribution >= 0.6 is 0 Å². The predicted molar refractivity (Wildman–Crippen MR) is 67.2 cm³/mol. The molecule has 1 unspecified atom stereocenters. The minimum atomic E-state index is -0.350. The average Bonchev–Trinajstić information content (AvgIpc) is 2.91. The summed E-state index contributed by atoms with van der Waals surface area (Å²) in [5.74, 6) is 1.22. The van der Waals surface area contributed by atoms with Crippen molar-refractivity contribution in [3.8, 4) is 11.4 Å². The van der Waals surface area contributed by atoms with Gasteiger partial charge in [-0.1, -0.05) is 0 Å². The maximum atomic E-state index is 11.8. The molecule has 3 rings (SSSR count). The lowest BCUT2D eigenvalue weighted by atomic mass is 10.1. The molecule has 19 heavy (non-hydrogen) atoms. The van der Waals surface area contributed by atoms with Crippen LogP contribution in [0.3, 0.4) is 0 Å². The lowest BCUT2D eigenvalue weighted by molar-refractivity contribution is -0.145. The van der Waals surface area contributed by atoms with Crippen molar-refractivity contribution in [2.24, 2.45) is 0 Å². The molecule has 0 spiro atoms. The summed E-state index contributed by atoms with van der Waals surface area (Å²) in [6, 6.07) is 3.36. The largest absolute Gasteiger partial charge is 0.467 e. The van der Waals surface area contributed by atoms with E-state index in [2.05, 4.69) is 15.1 Å². The Morgan fingerprint density at radius 2 is 2.21 bits per heavy atom. The van der Waals surface area contributed by atoms with Crippen LogP contribution in [0.2, 0.25) is 0 Å². The highest BCUT2D eigenvalue weighted by Crippen LogP contribution is 2.26. The molecule has 0 radical (unpaired) electrons. The number of carbonyl (C=O) groups is 1. The second kappa shape index (κ2) is 4.79. The highest BCUT2D eigenvalue weighted by atomic mass is 16.5. The first kappa shape index (κ1) is 11.8. The highest BCUT2D eigenvalue weighted by Gasteiger charge is 2.29. The number of aromatic nitrogens is 4. The van der Waals surface area contributed by atoms with Gasteiger partial charge in [0.2, 0.25) is 0 Å². The summed E-state index contributed by atoms with van der Waals surface area (Å²) in [5, 5.41) is 4.45. The predicted octanol–water partition coefficient (Wildman–Crippen LogP) is 1.39. The Kier molecular flexibility index (Phi) is 2.98. The fourth-order valence-corrected chi connectivity index (χ4v) is 2.33.